The lowest BCUT2D eigenvalue weighted by atomic mass is 10.3. The SMILES string of the molecule is CCNCc1cccc(OCCOCCOCCOC)n1. The molecule has 0 amide bonds. The molecular weight excluding hydrogens is 272 g/mol. The first-order valence-electron chi connectivity index (χ1n) is 7.30. The van der Waals surface area contributed by atoms with Gasteiger partial charge in [-0.15, -0.1) is 0 Å². The summed E-state index contributed by atoms with van der Waals surface area (Å²) in [5, 5.41) is 3.23. The lowest BCUT2D eigenvalue weighted by Crippen LogP contribution is -2.14. The molecule has 1 aromatic rings. The molecule has 0 spiro atoms. The topological polar surface area (TPSA) is 61.8 Å². The number of hydrogen-bond acceptors (Lipinski definition) is 6. The average molecular weight is 298 g/mol. The van der Waals surface area contributed by atoms with Crippen molar-refractivity contribution in [2.45, 2.75) is 13.5 Å². The summed E-state index contributed by atoms with van der Waals surface area (Å²) < 4.78 is 21.1. The van der Waals surface area contributed by atoms with Gasteiger partial charge in [0.25, 0.3) is 0 Å². The number of nitrogens with zero attached hydrogens (tertiary/aromatic N) is 1. The molecule has 0 aliphatic heterocycles. The van der Waals surface area contributed by atoms with E-state index in [2.05, 4.69) is 17.2 Å². The molecule has 0 radical (unpaired) electrons. The van der Waals surface area contributed by atoms with Gasteiger partial charge in [0.15, 0.2) is 0 Å². The minimum absolute atomic E-state index is 0.482. The normalized spacial score (nSPS) is 10.8. The summed E-state index contributed by atoms with van der Waals surface area (Å²) in [5.74, 6) is 0.630. The second-order valence-corrected chi connectivity index (χ2v) is 4.31. The van der Waals surface area contributed by atoms with Gasteiger partial charge in [0.05, 0.1) is 38.7 Å². The van der Waals surface area contributed by atoms with Crippen molar-refractivity contribution >= 4 is 0 Å². The van der Waals surface area contributed by atoms with Crippen LogP contribution in [0, 0.1) is 0 Å². The number of methoxy groups -OCH3 is 1. The van der Waals surface area contributed by atoms with E-state index in [-0.39, 0.29) is 0 Å². The third kappa shape index (κ3) is 9.36. The zero-order chi connectivity index (χ0) is 15.2. The van der Waals surface area contributed by atoms with E-state index in [1.54, 1.807) is 7.11 Å². The number of ether oxygens (including phenoxy) is 4. The maximum absolute atomic E-state index is 5.55. The van der Waals surface area contributed by atoms with Crippen LogP contribution >= 0.6 is 0 Å². The Hall–Kier alpha value is -1.21. The summed E-state index contributed by atoms with van der Waals surface area (Å²) in [4.78, 5) is 4.40. The maximum atomic E-state index is 5.55. The minimum Gasteiger partial charge on any atom is -0.475 e. The molecule has 1 N–H and O–H groups in total. The van der Waals surface area contributed by atoms with Crippen LogP contribution in [0.4, 0.5) is 0 Å². The van der Waals surface area contributed by atoms with Crippen LogP contribution in [0.2, 0.25) is 0 Å². The van der Waals surface area contributed by atoms with Gasteiger partial charge in [-0.2, -0.15) is 0 Å². The van der Waals surface area contributed by atoms with Crippen molar-refractivity contribution in [1.29, 1.82) is 0 Å². The molecule has 1 rings (SSSR count). The molecule has 6 heteroatoms. The van der Waals surface area contributed by atoms with Gasteiger partial charge >= 0.3 is 0 Å². The molecule has 21 heavy (non-hydrogen) atoms. The Morgan fingerprint density at radius 1 is 1.00 bits per heavy atom. The Bertz CT molecular complexity index is 363. The fourth-order valence-corrected chi connectivity index (χ4v) is 1.56. The van der Waals surface area contributed by atoms with E-state index >= 15 is 0 Å². The molecule has 120 valence electrons. The van der Waals surface area contributed by atoms with Crippen molar-refractivity contribution in [2.24, 2.45) is 0 Å². The zero-order valence-corrected chi connectivity index (χ0v) is 13.0. The molecule has 0 aliphatic rings. The number of pyridine rings is 1. The van der Waals surface area contributed by atoms with Crippen molar-refractivity contribution in [1.82, 2.24) is 10.3 Å². The van der Waals surface area contributed by atoms with Crippen molar-refractivity contribution in [3.05, 3.63) is 23.9 Å². The summed E-state index contributed by atoms with van der Waals surface area (Å²) in [7, 11) is 1.65. The Morgan fingerprint density at radius 2 is 1.71 bits per heavy atom. The lowest BCUT2D eigenvalue weighted by Gasteiger charge is -2.08. The highest BCUT2D eigenvalue weighted by Crippen LogP contribution is 2.07. The maximum Gasteiger partial charge on any atom is 0.213 e. The van der Waals surface area contributed by atoms with Crippen molar-refractivity contribution in [3.8, 4) is 5.88 Å². The second-order valence-electron chi connectivity index (χ2n) is 4.31. The van der Waals surface area contributed by atoms with Crippen molar-refractivity contribution in [3.63, 3.8) is 0 Å². The first-order chi connectivity index (χ1) is 10.4. The predicted octanol–water partition coefficient (Wildman–Crippen LogP) is 1.25. The standard InChI is InChI=1S/C15H26N2O4/c1-3-16-13-14-5-4-6-15(17-14)21-12-11-20-10-9-19-8-7-18-2/h4-6,16H,3,7-13H2,1-2H3. The first kappa shape index (κ1) is 17.8. The first-order valence-corrected chi connectivity index (χ1v) is 7.30. The summed E-state index contributed by atoms with van der Waals surface area (Å²) in [6, 6.07) is 5.77. The fraction of sp³-hybridized carbons (Fsp3) is 0.667. The van der Waals surface area contributed by atoms with Gasteiger partial charge in [-0.05, 0) is 12.6 Å². The largest absolute Gasteiger partial charge is 0.475 e. The Balaban J connectivity index is 2.04. The molecule has 0 bridgehead atoms. The predicted molar refractivity (Wildman–Crippen MR) is 80.6 cm³/mol. The third-order valence-corrected chi connectivity index (χ3v) is 2.62. The second kappa shape index (κ2) is 12.5. The minimum atomic E-state index is 0.482. The molecule has 0 fully saturated rings. The zero-order valence-electron chi connectivity index (χ0n) is 13.0. The molecule has 6 nitrogen and oxygen atoms in total. The third-order valence-electron chi connectivity index (χ3n) is 2.62. The summed E-state index contributed by atoms with van der Waals surface area (Å²) in [6.07, 6.45) is 0. The Morgan fingerprint density at radius 3 is 2.43 bits per heavy atom. The van der Waals surface area contributed by atoms with E-state index in [1.807, 2.05) is 18.2 Å². The van der Waals surface area contributed by atoms with Crippen LogP contribution in [0.15, 0.2) is 18.2 Å². The van der Waals surface area contributed by atoms with Crippen LogP contribution in [0.5, 0.6) is 5.88 Å². The van der Waals surface area contributed by atoms with Gasteiger partial charge < -0.3 is 24.3 Å². The average Bonchev–Trinajstić information content (AvgIpc) is 2.52. The lowest BCUT2D eigenvalue weighted by molar-refractivity contribution is 0.0176. The van der Waals surface area contributed by atoms with E-state index in [0.29, 0.717) is 45.5 Å². The van der Waals surface area contributed by atoms with Crippen molar-refractivity contribution in [2.75, 3.05) is 53.3 Å². The Labute approximate surface area is 126 Å². The van der Waals surface area contributed by atoms with Crippen LogP contribution in [-0.2, 0) is 20.8 Å². The summed E-state index contributed by atoms with van der Waals surface area (Å²) >= 11 is 0. The Kier molecular flexibility index (Phi) is 10.6. The van der Waals surface area contributed by atoms with E-state index in [0.717, 1.165) is 18.8 Å². The van der Waals surface area contributed by atoms with Gasteiger partial charge in [0.1, 0.15) is 6.61 Å². The molecule has 0 saturated heterocycles. The number of hydrogen-bond donors (Lipinski definition) is 1. The van der Waals surface area contributed by atoms with E-state index < -0.39 is 0 Å². The summed E-state index contributed by atoms with van der Waals surface area (Å²) in [5.41, 5.74) is 0.974. The monoisotopic (exact) mass is 298 g/mol. The molecule has 1 aromatic heterocycles. The molecular formula is C15H26N2O4. The van der Waals surface area contributed by atoms with Crippen molar-refractivity contribution < 1.29 is 18.9 Å². The molecule has 0 saturated carbocycles. The number of rotatable bonds is 13. The van der Waals surface area contributed by atoms with Gasteiger partial charge in [-0.3, -0.25) is 0 Å². The molecule has 1 heterocycles. The van der Waals surface area contributed by atoms with Crippen LogP contribution in [0.1, 0.15) is 12.6 Å². The van der Waals surface area contributed by atoms with E-state index in [4.69, 9.17) is 18.9 Å². The van der Waals surface area contributed by atoms with Gasteiger partial charge in [-0.25, -0.2) is 4.98 Å². The molecule has 0 unspecified atom stereocenters. The quantitative estimate of drug-likeness (QED) is 0.553. The highest BCUT2D eigenvalue weighted by atomic mass is 16.6. The van der Waals surface area contributed by atoms with Crippen LogP contribution in [0.3, 0.4) is 0 Å². The van der Waals surface area contributed by atoms with Gasteiger partial charge in [0.2, 0.25) is 5.88 Å². The highest BCUT2D eigenvalue weighted by Gasteiger charge is 1.98. The van der Waals surface area contributed by atoms with Crippen LogP contribution in [-0.4, -0.2) is 58.3 Å². The molecule has 0 aliphatic carbocycles. The van der Waals surface area contributed by atoms with E-state index in [1.165, 1.54) is 0 Å². The highest BCUT2D eigenvalue weighted by molar-refractivity contribution is 5.15. The summed E-state index contributed by atoms with van der Waals surface area (Å²) in [6.45, 7) is 7.08. The number of nitrogens with one attached hydrogen (secondary N) is 1. The van der Waals surface area contributed by atoms with E-state index in [9.17, 15) is 0 Å². The van der Waals surface area contributed by atoms with Gasteiger partial charge in [0, 0.05) is 19.7 Å². The fourth-order valence-electron chi connectivity index (χ4n) is 1.56. The number of aromatic nitrogens is 1. The molecule has 0 atom stereocenters. The van der Waals surface area contributed by atoms with Crippen LogP contribution < -0.4 is 10.1 Å². The van der Waals surface area contributed by atoms with Crippen LogP contribution in [0.25, 0.3) is 0 Å². The smallest absolute Gasteiger partial charge is 0.213 e. The van der Waals surface area contributed by atoms with Gasteiger partial charge in [-0.1, -0.05) is 13.0 Å². The molecule has 0 aromatic carbocycles.